The Kier molecular flexibility index (Phi) is 5.55. The Morgan fingerprint density at radius 3 is 2.94 bits per heavy atom. The molecule has 0 aromatic rings. The van der Waals surface area contributed by atoms with Crippen molar-refractivity contribution in [2.75, 3.05) is 26.2 Å². The first-order chi connectivity index (χ1) is 7.61. The number of amides is 2. The second kappa shape index (κ2) is 6.70. The van der Waals surface area contributed by atoms with Crippen LogP contribution in [0.15, 0.2) is 0 Å². The van der Waals surface area contributed by atoms with Gasteiger partial charge < -0.3 is 21.3 Å². The van der Waals surface area contributed by atoms with E-state index < -0.39 is 0 Å². The summed E-state index contributed by atoms with van der Waals surface area (Å²) >= 11 is 0. The van der Waals surface area contributed by atoms with Crippen molar-refractivity contribution >= 4 is 6.03 Å². The molecule has 1 atom stereocenters. The Balaban J connectivity index is 2.18. The van der Waals surface area contributed by atoms with Gasteiger partial charge in [-0.1, -0.05) is 0 Å². The van der Waals surface area contributed by atoms with Crippen LogP contribution in [0.25, 0.3) is 0 Å². The van der Waals surface area contributed by atoms with Crippen LogP contribution in [0.4, 0.5) is 4.79 Å². The van der Waals surface area contributed by atoms with Crippen molar-refractivity contribution < 1.29 is 4.79 Å². The van der Waals surface area contributed by atoms with Gasteiger partial charge in [0, 0.05) is 25.2 Å². The van der Waals surface area contributed by atoms with E-state index in [1.807, 2.05) is 13.8 Å². The standard InChI is InChI=1S/C11H24N4O/c1-9(2)13-11(16)14-10-4-7-15(8-10)6-3-5-12/h9-10H,3-8,12H2,1-2H3,(H2,13,14,16)/t10-/m1/s1. The van der Waals surface area contributed by atoms with E-state index in [-0.39, 0.29) is 18.1 Å². The summed E-state index contributed by atoms with van der Waals surface area (Å²) in [5.41, 5.74) is 5.47. The molecule has 1 fully saturated rings. The zero-order chi connectivity index (χ0) is 12.0. The lowest BCUT2D eigenvalue weighted by atomic mass is 10.3. The van der Waals surface area contributed by atoms with Crippen molar-refractivity contribution in [2.45, 2.75) is 38.8 Å². The van der Waals surface area contributed by atoms with Crippen molar-refractivity contribution in [3.8, 4) is 0 Å². The first kappa shape index (κ1) is 13.3. The molecule has 1 aliphatic heterocycles. The van der Waals surface area contributed by atoms with Crippen LogP contribution in [-0.2, 0) is 0 Å². The largest absolute Gasteiger partial charge is 0.336 e. The minimum Gasteiger partial charge on any atom is -0.336 e. The first-order valence-corrected chi connectivity index (χ1v) is 6.11. The van der Waals surface area contributed by atoms with E-state index in [4.69, 9.17) is 5.73 Å². The van der Waals surface area contributed by atoms with E-state index in [9.17, 15) is 4.79 Å². The van der Waals surface area contributed by atoms with Crippen LogP contribution in [0.2, 0.25) is 0 Å². The average molecular weight is 228 g/mol. The molecule has 94 valence electrons. The molecule has 0 unspecified atom stereocenters. The van der Waals surface area contributed by atoms with Gasteiger partial charge in [0.1, 0.15) is 0 Å². The molecule has 1 heterocycles. The highest BCUT2D eigenvalue weighted by Crippen LogP contribution is 2.08. The lowest BCUT2D eigenvalue weighted by Crippen LogP contribution is -2.45. The Hall–Kier alpha value is -0.810. The number of likely N-dealkylation sites (tertiary alicyclic amines) is 1. The fourth-order valence-corrected chi connectivity index (χ4v) is 1.96. The van der Waals surface area contributed by atoms with Crippen molar-refractivity contribution in [3.05, 3.63) is 0 Å². The molecule has 0 aromatic heterocycles. The molecule has 4 N–H and O–H groups in total. The number of carbonyl (C=O) groups is 1. The highest BCUT2D eigenvalue weighted by atomic mass is 16.2. The fourth-order valence-electron chi connectivity index (χ4n) is 1.96. The van der Waals surface area contributed by atoms with Crippen molar-refractivity contribution in [1.82, 2.24) is 15.5 Å². The molecule has 1 rings (SSSR count). The maximum Gasteiger partial charge on any atom is 0.315 e. The minimum absolute atomic E-state index is 0.0549. The monoisotopic (exact) mass is 228 g/mol. The molecule has 0 aromatic carbocycles. The van der Waals surface area contributed by atoms with E-state index in [0.29, 0.717) is 0 Å². The lowest BCUT2D eigenvalue weighted by molar-refractivity contribution is 0.234. The predicted octanol–water partition coefficient (Wildman–Crippen LogP) is 0.117. The van der Waals surface area contributed by atoms with Crippen LogP contribution in [-0.4, -0.2) is 49.2 Å². The molecular formula is C11H24N4O. The molecule has 0 bridgehead atoms. The average Bonchev–Trinajstić information content (AvgIpc) is 2.61. The maximum atomic E-state index is 11.5. The topological polar surface area (TPSA) is 70.4 Å². The van der Waals surface area contributed by atoms with Crippen LogP contribution in [0.5, 0.6) is 0 Å². The summed E-state index contributed by atoms with van der Waals surface area (Å²) in [4.78, 5) is 13.8. The van der Waals surface area contributed by atoms with Gasteiger partial charge in [-0.3, -0.25) is 0 Å². The normalized spacial score (nSPS) is 21.4. The number of rotatable bonds is 5. The summed E-state index contributed by atoms with van der Waals surface area (Å²) in [5, 5.41) is 5.83. The second-order valence-electron chi connectivity index (χ2n) is 4.70. The zero-order valence-corrected chi connectivity index (χ0v) is 10.3. The number of nitrogens with one attached hydrogen (secondary N) is 2. The van der Waals surface area contributed by atoms with Gasteiger partial charge >= 0.3 is 6.03 Å². The molecule has 1 saturated heterocycles. The summed E-state index contributed by atoms with van der Waals surface area (Å²) in [6, 6.07) is 0.423. The predicted molar refractivity (Wildman–Crippen MR) is 65.3 cm³/mol. The van der Waals surface area contributed by atoms with Gasteiger partial charge in [-0.25, -0.2) is 4.79 Å². The molecule has 0 aliphatic carbocycles. The molecule has 0 radical (unpaired) electrons. The number of hydrogen-bond donors (Lipinski definition) is 3. The lowest BCUT2D eigenvalue weighted by Gasteiger charge is -2.17. The van der Waals surface area contributed by atoms with E-state index in [1.54, 1.807) is 0 Å². The summed E-state index contributed by atoms with van der Waals surface area (Å²) < 4.78 is 0. The summed E-state index contributed by atoms with van der Waals surface area (Å²) in [5.74, 6) is 0. The Morgan fingerprint density at radius 2 is 2.31 bits per heavy atom. The Bertz CT molecular complexity index is 220. The fraction of sp³-hybridized carbons (Fsp3) is 0.909. The van der Waals surface area contributed by atoms with Gasteiger partial charge in [0.05, 0.1) is 0 Å². The van der Waals surface area contributed by atoms with Crippen molar-refractivity contribution in [2.24, 2.45) is 5.73 Å². The molecule has 16 heavy (non-hydrogen) atoms. The molecule has 0 saturated carbocycles. The van der Waals surface area contributed by atoms with Gasteiger partial charge in [-0.15, -0.1) is 0 Å². The van der Waals surface area contributed by atoms with Crippen LogP contribution in [0.3, 0.4) is 0 Å². The number of hydrogen-bond acceptors (Lipinski definition) is 3. The summed E-state index contributed by atoms with van der Waals surface area (Å²) in [6.07, 6.45) is 2.07. The van der Waals surface area contributed by atoms with E-state index in [0.717, 1.165) is 39.0 Å². The third-order valence-corrected chi connectivity index (χ3v) is 2.71. The highest BCUT2D eigenvalue weighted by molar-refractivity contribution is 5.74. The minimum atomic E-state index is -0.0549. The molecule has 2 amide bonds. The molecule has 1 aliphatic rings. The first-order valence-electron chi connectivity index (χ1n) is 6.11. The number of nitrogens with zero attached hydrogens (tertiary/aromatic N) is 1. The molecule has 5 heteroatoms. The third kappa shape index (κ3) is 4.81. The Morgan fingerprint density at radius 1 is 1.56 bits per heavy atom. The van der Waals surface area contributed by atoms with E-state index in [1.165, 1.54) is 0 Å². The van der Waals surface area contributed by atoms with Gasteiger partial charge in [0.15, 0.2) is 0 Å². The van der Waals surface area contributed by atoms with Gasteiger partial charge in [0.2, 0.25) is 0 Å². The smallest absolute Gasteiger partial charge is 0.315 e. The van der Waals surface area contributed by atoms with Gasteiger partial charge in [-0.05, 0) is 39.8 Å². The van der Waals surface area contributed by atoms with Crippen LogP contribution < -0.4 is 16.4 Å². The second-order valence-corrected chi connectivity index (χ2v) is 4.70. The third-order valence-electron chi connectivity index (χ3n) is 2.71. The summed E-state index contributed by atoms with van der Waals surface area (Å²) in [7, 11) is 0. The van der Waals surface area contributed by atoms with Gasteiger partial charge in [-0.2, -0.15) is 0 Å². The summed E-state index contributed by atoms with van der Waals surface area (Å²) in [6.45, 7) is 7.71. The van der Waals surface area contributed by atoms with Gasteiger partial charge in [0.25, 0.3) is 0 Å². The van der Waals surface area contributed by atoms with Crippen molar-refractivity contribution in [3.63, 3.8) is 0 Å². The Labute approximate surface area is 97.7 Å². The number of nitrogens with two attached hydrogens (primary N) is 1. The van der Waals surface area contributed by atoms with E-state index in [2.05, 4.69) is 15.5 Å². The quantitative estimate of drug-likeness (QED) is 0.626. The number of urea groups is 1. The van der Waals surface area contributed by atoms with Crippen LogP contribution in [0.1, 0.15) is 26.7 Å². The van der Waals surface area contributed by atoms with Crippen LogP contribution >= 0.6 is 0 Å². The zero-order valence-electron chi connectivity index (χ0n) is 10.3. The molecule has 0 spiro atoms. The van der Waals surface area contributed by atoms with Crippen LogP contribution in [0, 0.1) is 0 Å². The SMILES string of the molecule is CC(C)NC(=O)N[C@@H]1CCN(CCCN)C1. The number of carbonyl (C=O) groups excluding carboxylic acids is 1. The molecular weight excluding hydrogens is 204 g/mol. The molecule has 5 nitrogen and oxygen atoms in total. The maximum absolute atomic E-state index is 11.5. The van der Waals surface area contributed by atoms with E-state index >= 15 is 0 Å². The van der Waals surface area contributed by atoms with Crippen molar-refractivity contribution in [1.29, 1.82) is 0 Å². The highest BCUT2D eigenvalue weighted by Gasteiger charge is 2.23.